The van der Waals surface area contributed by atoms with E-state index in [9.17, 15) is 4.79 Å². The number of carbonyl (C=O) groups excluding carboxylic acids is 1. The minimum Gasteiger partial charge on any atom is -0.454 e. The van der Waals surface area contributed by atoms with Crippen LogP contribution < -0.4 is 20.5 Å². The minimum absolute atomic E-state index is 0. The number of benzene rings is 1. The number of anilines is 2. The molecule has 0 saturated carbocycles. The number of fused-ring (bicyclic) bond motifs is 1. The van der Waals surface area contributed by atoms with E-state index in [2.05, 4.69) is 5.32 Å². The molecule has 7 heteroatoms. The monoisotopic (exact) mass is 328 g/mol. The number of hydrogen-bond acceptors (Lipinski definition) is 5. The van der Waals surface area contributed by atoms with Crippen molar-refractivity contribution < 1.29 is 19.0 Å². The summed E-state index contributed by atoms with van der Waals surface area (Å²) >= 11 is 0. The predicted octanol–water partition coefficient (Wildman–Crippen LogP) is 2.71. The molecule has 2 aliphatic heterocycles. The van der Waals surface area contributed by atoms with Gasteiger partial charge in [-0.25, -0.2) is 0 Å². The van der Waals surface area contributed by atoms with Crippen LogP contribution in [0.5, 0.6) is 11.5 Å². The number of rotatable bonds is 4. The number of nitrogens with two attached hydrogens (primary N) is 1. The molecule has 0 radical (unpaired) electrons. The maximum absolute atomic E-state index is 12.0. The molecule has 0 aliphatic carbocycles. The largest absolute Gasteiger partial charge is 0.454 e. The summed E-state index contributed by atoms with van der Waals surface area (Å²) in [4.78, 5) is 12.0. The van der Waals surface area contributed by atoms with Crippen molar-refractivity contribution in [2.75, 3.05) is 24.5 Å². The van der Waals surface area contributed by atoms with Crippen LogP contribution in [-0.4, -0.2) is 25.4 Å². The smallest absolute Gasteiger partial charge is 0.231 e. The van der Waals surface area contributed by atoms with Crippen LogP contribution in [-0.2, 0) is 9.53 Å². The lowest BCUT2D eigenvalue weighted by molar-refractivity contribution is -0.117. The minimum atomic E-state index is -0.0604. The molecule has 3 rings (SSSR count). The Balaban J connectivity index is 0.00000176. The van der Waals surface area contributed by atoms with Crippen LogP contribution in [0.1, 0.15) is 32.1 Å². The van der Waals surface area contributed by atoms with Gasteiger partial charge < -0.3 is 25.3 Å². The quantitative estimate of drug-likeness (QED) is 0.830. The lowest BCUT2D eigenvalue weighted by atomic mass is 10.0. The van der Waals surface area contributed by atoms with E-state index in [4.69, 9.17) is 19.9 Å². The molecule has 1 aromatic rings. The second kappa shape index (κ2) is 7.56. The molecular weight excluding hydrogens is 308 g/mol. The van der Waals surface area contributed by atoms with Crippen LogP contribution in [0.4, 0.5) is 11.4 Å². The van der Waals surface area contributed by atoms with E-state index < -0.39 is 0 Å². The molecule has 1 atom stereocenters. The molecule has 2 aliphatic rings. The molecule has 1 saturated heterocycles. The SMILES string of the molecule is Cl.Nc1cc2c(cc1NC(=O)CCC1CCCCO1)OCO2. The predicted molar refractivity (Wildman–Crippen MR) is 85.7 cm³/mol. The molecule has 1 fully saturated rings. The van der Waals surface area contributed by atoms with E-state index in [1.54, 1.807) is 12.1 Å². The summed E-state index contributed by atoms with van der Waals surface area (Å²) in [5.74, 6) is 1.16. The number of nitrogen functional groups attached to an aromatic ring is 1. The first-order valence-electron chi connectivity index (χ1n) is 7.33. The maximum Gasteiger partial charge on any atom is 0.231 e. The van der Waals surface area contributed by atoms with E-state index >= 15 is 0 Å². The third-order valence-electron chi connectivity index (χ3n) is 3.79. The third kappa shape index (κ3) is 3.96. The molecule has 2 heterocycles. The highest BCUT2D eigenvalue weighted by Gasteiger charge is 2.18. The summed E-state index contributed by atoms with van der Waals surface area (Å²) in [6.07, 6.45) is 4.73. The Hall–Kier alpha value is -1.66. The van der Waals surface area contributed by atoms with Gasteiger partial charge in [0.05, 0.1) is 17.5 Å². The number of hydrogen-bond donors (Lipinski definition) is 2. The van der Waals surface area contributed by atoms with E-state index in [1.165, 1.54) is 6.42 Å². The van der Waals surface area contributed by atoms with E-state index in [-0.39, 0.29) is 31.2 Å². The van der Waals surface area contributed by atoms with Gasteiger partial charge in [-0.2, -0.15) is 0 Å². The van der Waals surface area contributed by atoms with E-state index in [1.807, 2.05) is 0 Å². The Kier molecular flexibility index (Phi) is 5.74. The Morgan fingerprint density at radius 2 is 2.05 bits per heavy atom. The van der Waals surface area contributed by atoms with E-state index in [0.29, 0.717) is 29.3 Å². The first kappa shape index (κ1) is 16.7. The van der Waals surface area contributed by atoms with Crippen LogP contribution in [0.3, 0.4) is 0 Å². The van der Waals surface area contributed by atoms with Crippen molar-refractivity contribution in [3.8, 4) is 11.5 Å². The third-order valence-corrected chi connectivity index (χ3v) is 3.79. The highest BCUT2D eigenvalue weighted by Crippen LogP contribution is 2.38. The average Bonchev–Trinajstić information content (AvgIpc) is 2.94. The van der Waals surface area contributed by atoms with Crippen LogP contribution in [0.25, 0.3) is 0 Å². The lowest BCUT2D eigenvalue weighted by Crippen LogP contribution is -2.22. The maximum atomic E-state index is 12.0. The molecule has 122 valence electrons. The molecule has 0 aromatic heterocycles. The molecule has 1 aromatic carbocycles. The fourth-order valence-electron chi connectivity index (χ4n) is 2.61. The summed E-state index contributed by atoms with van der Waals surface area (Å²) in [5, 5.41) is 2.82. The molecular formula is C15H21ClN2O4. The first-order chi connectivity index (χ1) is 10.2. The van der Waals surface area contributed by atoms with Crippen molar-refractivity contribution in [2.45, 2.75) is 38.2 Å². The van der Waals surface area contributed by atoms with Gasteiger partial charge in [0.25, 0.3) is 0 Å². The van der Waals surface area contributed by atoms with Gasteiger partial charge in [-0.3, -0.25) is 4.79 Å². The fraction of sp³-hybridized carbons (Fsp3) is 0.533. The van der Waals surface area contributed by atoms with Crippen molar-refractivity contribution in [3.05, 3.63) is 12.1 Å². The molecule has 1 amide bonds. The van der Waals surface area contributed by atoms with Crippen molar-refractivity contribution >= 4 is 29.7 Å². The molecule has 22 heavy (non-hydrogen) atoms. The van der Waals surface area contributed by atoms with E-state index in [0.717, 1.165) is 25.9 Å². The average molecular weight is 329 g/mol. The number of halogens is 1. The normalized spacial score (nSPS) is 19.4. The topological polar surface area (TPSA) is 82.8 Å². The summed E-state index contributed by atoms with van der Waals surface area (Å²) in [6, 6.07) is 3.37. The van der Waals surface area contributed by atoms with Gasteiger partial charge in [0.1, 0.15) is 0 Å². The second-order valence-electron chi connectivity index (χ2n) is 5.37. The van der Waals surface area contributed by atoms with Gasteiger partial charge in [0.2, 0.25) is 12.7 Å². The molecule has 0 bridgehead atoms. The van der Waals surface area contributed by atoms with Gasteiger partial charge in [0.15, 0.2) is 11.5 Å². The Labute approximate surface area is 135 Å². The second-order valence-corrected chi connectivity index (χ2v) is 5.37. The number of carbonyl (C=O) groups is 1. The standard InChI is InChI=1S/C15H20N2O4.ClH/c16-11-7-13-14(21-9-20-13)8-12(11)17-15(18)5-4-10-3-1-2-6-19-10;/h7-8,10H,1-6,9,16H2,(H,17,18);1H. The van der Waals surface area contributed by atoms with Crippen LogP contribution >= 0.6 is 12.4 Å². The van der Waals surface area contributed by atoms with Crippen LogP contribution in [0.15, 0.2) is 12.1 Å². The number of ether oxygens (including phenoxy) is 3. The highest BCUT2D eigenvalue weighted by molar-refractivity contribution is 5.94. The molecule has 3 N–H and O–H groups in total. The Morgan fingerprint density at radius 3 is 2.77 bits per heavy atom. The summed E-state index contributed by atoms with van der Waals surface area (Å²) in [5.41, 5.74) is 6.94. The summed E-state index contributed by atoms with van der Waals surface area (Å²) in [7, 11) is 0. The highest BCUT2D eigenvalue weighted by atomic mass is 35.5. The van der Waals surface area contributed by atoms with Gasteiger partial charge in [-0.05, 0) is 25.7 Å². The summed E-state index contributed by atoms with van der Waals surface area (Å²) in [6.45, 7) is 0.993. The zero-order valence-electron chi connectivity index (χ0n) is 12.3. The van der Waals surface area contributed by atoms with Crippen molar-refractivity contribution in [3.63, 3.8) is 0 Å². The molecule has 1 unspecified atom stereocenters. The Morgan fingerprint density at radius 1 is 1.27 bits per heavy atom. The van der Waals surface area contributed by atoms with Crippen molar-refractivity contribution in [1.82, 2.24) is 0 Å². The lowest BCUT2D eigenvalue weighted by Gasteiger charge is -2.22. The zero-order valence-corrected chi connectivity index (χ0v) is 13.1. The van der Waals surface area contributed by atoms with Gasteiger partial charge >= 0.3 is 0 Å². The first-order valence-corrected chi connectivity index (χ1v) is 7.33. The fourth-order valence-corrected chi connectivity index (χ4v) is 2.61. The molecule has 6 nitrogen and oxygen atoms in total. The number of nitrogens with one attached hydrogen (secondary N) is 1. The van der Waals surface area contributed by atoms with Gasteiger partial charge in [0, 0.05) is 25.2 Å². The van der Waals surface area contributed by atoms with Crippen molar-refractivity contribution in [1.29, 1.82) is 0 Å². The van der Waals surface area contributed by atoms with Gasteiger partial charge in [-0.1, -0.05) is 0 Å². The summed E-state index contributed by atoms with van der Waals surface area (Å²) < 4.78 is 16.1. The zero-order chi connectivity index (χ0) is 14.7. The molecule has 0 spiro atoms. The number of amides is 1. The Bertz CT molecular complexity index is 533. The van der Waals surface area contributed by atoms with Crippen LogP contribution in [0.2, 0.25) is 0 Å². The van der Waals surface area contributed by atoms with Crippen LogP contribution in [0, 0.1) is 0 Å². The van der Waals surface area contributed by atoms with Gasteiger partial charge in [-0.15, -0.1) is 12.4 Å². The van der Waals surface area contributed by atoms with Crippen molar-refractivity contribution in [2.24, 2.45) is 0 Å².